The summed E-state index contributed by atoms with van der Waals surface area (Å²) in [4.78, 5) is 24.5. The van der Waals surface area contributed by atoms with Crippen molar-refractivity contribution in [1.29, 1.82) is 0 Å². The minimum Gasteiger partial charge on any atom is -0.416 e. The molecule has 46 heavy (non-hydrogen) atoms. The van der Waals surface area contributed by atoms with Crippen LogP contribution < -0.4 is 9.47 Å². The van der Waals surface area contributed by atoms with Crippen LogP contribution in [0.3, 0.4) is 0 Å². The second kappa shape index (κ2) is 11.2. The number of rotatable bonds is 4. The van der Waals surface area contributed by atoms with Crippen molar-refractivity contribution in [2.24, 2.45) is 0 Å². The Balaban J connectivity index is 1.72. The fourth-order valence-electron chi connectivity index (χ4n) is 4.18. The molecule has 4 nitrogen and oxygen atoms in total. The first-order chi connectivity index (χ1) is 21.5. The number of hydrogen-bond donors (Lipinski definition) is 0. The van der Waals surface area contributed by atoms with Gasteiger partial charge >= 0.3 is 11.9 Å². The Kier molecular flexibility index (Phi) is 7.78. The van der Waals surface area contributed by atoms with Crippen LogP contribution in [-0.2, 0) is 0 Å². The smallest absolute Gasteiger partial charge is 0.343 e. The summed E-state index contributed by atoms with van der Waals surface area (Å²) in [6, 6.07) is -0.143. The molecule has 0 unspecified atom stereocenters. The zero-order valence-electron chi connectivity index (χ0n) is 21.2. The average Bonchev–Trinajstić information content (AvgIpc) is 3.00. The van der Waals surface area contributed by atoms with E-state index in [0.29, 0.717) is 0 Å². The quantitative estimate of drug-likeness (QED) is 0.0482. The first kappa shape index (κ1) is 32.0. The second-order valence-electron chi connectivity index (χ2n) is 8.96. The minimum absolute atomic E-state index is 0.0358. The van der Waals surface area contributed by atoms with Crippen molar-refractivity contribution in [3.63, 3.8) is 0 Å². The number of esters is 2. The van der Waals surface area contributed by atoms with Crippen molar-refractivity contribution < 1.29 is 80.5 Å². The molecule has 18 heteroatoms. The number of halogens is 14. The first-order valence-electron chi connectivity index (χ1n) is 11.7. The van der Waals surface area contributed by atoms with Crippen LogP contribution in [0.25, 0.3) is 21.5 Å². The lowest BCUT2D eigenvalue weighted by molar-refractivity contribution is 0.0709. The van der Waals surface area contributed by atoms with Gasteiger partial charge in [-0.05, 0) is 24.3 Å². The van der Waals surface area contributed by atoms with Gasteiger partial charge in [-0.3, -0.25) is 0 Å². The molecule has 0 heterocycles. The summed E-state index contributed by atoms with van der Waals surface area (Å²) in [5.74, 6) is -41.8. The van der Waals surface area contributed by atoms with Crippen molar-refractivity contribution in [3.05, 3.63) is 117 Å². The lowest BCUT2D eigenvalue weighted by atomic mass is 9.98. The van der Waals surface area contributed by atoms with E-state index in [4.69, 9.17) is 0 Å². The van der Waals surface area contributed by atoms with E-state index in [2.05, 4.69) is 9.47 Å². The Bertz CT molecular complexity index is 2000. The molecular weight excluding hydrogens is 666 g/mol. The Morgan fingerprint density at radius 3 is 0.891 bits per heavy atom. The molecule has 0 aliphatic rings. The fraction of sp³-hybridized carbons (Fsp3) is 0. The highest BCUT2D eigenvalue weighted by Gasteiger charge is 2.35. The first-order valence-corrected chi connectivity index (χ1v) is 11.7. The summed E-state index contributed by atoms with van der Waals surface area (Å²) in [5.41, 5.74) is -2.56. The molecular formula is C28H4F14O4. The number of carbonyl (C=O) groups excluding carboxylic acids is 2. The molecule has 5 aromatic rings. The Morgan fingerprint density at radius 2 is 0.609 bits per heavy atom. The van der Waals surface area contributed by atoms with Crippen LogP contribution in [0.5, 0.6) is 11.5 Å². The number of benzene rings is 5. The molecule has 0 amide bonds. The molecule has 0 aromatic heterocycles. The monoisotopic (exact) mass is 670 g/mol. The Hall–Kier alpha value is -5.42. The summed E-state index contributed by atoms with van der Waals surface area (Å²) in [6.45, 7) is 0. The zero-order valence-corrected chi connectivity index (χ0v) is 21.2. The molecule has 0 bridgehead atoms. The van der Waals surface area contributed by atoms with Crippen molar-refractivity contribution in [2.75, 3.05) is 0 Å². The van der Waals surface area contributed by atoms with E-state index in [1.54, 1.807) is 0 Å². The van der Waals surface area contributed by atoms with Gasteiger partial charge < -0.3 is 9.47 Å². The van der Waals surface area contributed by atoms with Crippen molar-refractivity contribution in [2.45, 2.75) is 0 Å². The molecule has 0 saturated heterocycles. The van der Waals surface area contributed by atoms with Crippen LogP contribution in [0.1, 0.15) is 20.7 Å². The number of ether oxygens (including phenoxy) is 2. The lowest BCUT2D eigenvalue weighted by Gasteiger charge is -2.16. The molecule has 0 aliphatic heterocycles. The number of fused-ring (bicyclic) bond motifs is 2. The second-order valence-corrected chi connectivity index (χ2v) is 8.96. The van der Waals surface area contributed by atoms with Gasteiger partial charge in [0.1, 0.15) is 11.6 Å². The van der Waals surface area contributed by atoms with Gasteiger partial charge in [0.05, 0.1) is 32.7 Å². The molecule has 0 radical (unpaired) electrons. The van der Waals surface area contributed by atoms with Gasteiger partial charge in [0, 0.05) is 0 Å². The van der Waals surface area contributed by atoms with Crippen LogP contribution in [0.4, 0.5) is 61.5 Å². The van der Waals surface area contributed by atoms with Gasteiger partial charge in [-0.1, -0.05) is 0 Å². The SMILES string of the molecule is O=C(Oc1c(F)c(F)c2c(F)c3c(F)c(F)c(OC(=O)c4cc(F)c(F)c(F)c4)c(F)c3c(F)c2c1F)c1cc(F)c(F)c(F)c1. The third-order valence-corrected chi connectivity index (χ3v) is 6.27. The molecule has 0 fully saturated rings. The van der Waals surface area contributed by atoms with E-state index in [1.807, 2.05) is 0 Å². The highest BCUT2D eigenvalue weighted by atomic mass is 19.2. The normalized spacial score (nSPS) is 11.4. The standard InChI is InChI=1S/C28H4F14O4/c29-7-1-5(2-8(30)15(7)33)27(43)45-25-21(39)13-11(19(37)23(25)41)17(35)12-14(18(13)36)22(40)26(24(42)20(12)38)46-28(44)6-3-9(31)16(34)10(32)4-6/h1-4H. The predicted octanol–water partition coefficient (Wildman–Crippen LogP) is 8.38. The Morgan fingerprint density at radius 1 is 0.348 bits per heavy atom. The van der Waals surface area contributed by atoms with Crippen molar-refractivity contribution >= 4 is 33.5 Å². The van der Waals surface area contributed by atoms with E-state index in [1.165, 1.54) is 0 Å². The molecule has 238 valence electrons. The molecule has 0 saturated carbocycles. The number of carbonyl (C=O) groups is 2. The summed E-state index contributed by atoms with van der Waals surface area (Å²) in [5, 5.41) is -8.54. The van der Waals surface area contributed by atoms with E-state index in [-0.39, 0.29) is 24.3 Å². The maximum Gasteiger partial charge on any atom is 0.343 e. The minimum atomic E-state index is -2.65. The largest absolute Gasteiger partial charge is 0.416 e. The summed E-state index contributed by atoms with van der Waals surface area (Å²) in [6.07, 6.45) is 0. The van der Waals surface area contributed by atoms with Crippen LogP contribution in [-0.4, -0.2) is 11.9 Å². The van der Waals surface area contributed by atoms with Crippen molar-refractivity contribution in [1.82, 2.24) is 0 Å². The summed E-state index contributed by atoms with van der Waals surface area (Å²) in [7, 11) is 0. The molecule has 0 spiro atoms. The summed E-state index contributed by atoms with van der Waals surface area (Å²) >= 11 is 0. The highest BCUT2D eigenvalue weighted by molar-refractivity contribution is 6.03. The molecule has 5 rings (SSSR count). The topological polar surface area (TPSA) is 52.6 Å². The third-order valence-electron chi connectivity index (χ3n) is 6.27. The summed E-state index contributed by atoms with van der Waals surface area (Å²) < 4.78 is 210. The van der Waals surface area contributed by atoms with Crippen molar-refractivity contribution in [3.8, 4) is 11.5 Å². The Labute approximate surface area is 243 Å². The van der Waals surface area contributed by atoms with E-state index < -0.39 is 138 Å². The number of hydrogen-bond acceptors (Lipinski definition) is 4. The van der Waals surface area contributed by atoms with E-state index in [9.17, 15) is 53.5 Å². The molecule has 0 N–H and O–H groups in total. The maximum absolute atomic E-state index is 15.6. The van der Waals surface area contributed by atoms with Gasteiger partial charge in [0.25, 0.3) is 0 Å². The van der Waals surface area contributed by atoms with Gasteiger partial charge in [-0.15, -0.1) is 0 Å². The van der Waals surface area contributed by atoms with Gasteiger partial charge in [-0.25, -0.2) is 62.3 Å². The predicted molar refractivity (Wildman–Crippen MR) is 124 cm³/mol. The fourth-order valence-corrected chi connectivity index (χ4v) is 4.18. The maximum atomic E-state index is 15.6. The van der Waals surface area contributed by atoms with E-state index >= 15 is 17.6 Å². The third kappa shape index (κ3) is 4.80. The van der Waals surface area contributed by atoms with Gasteiger partial charge in [0.15, 0.2) is 58.2 Å². The molecule has 0 atom stereocenters. The van der Waals surface area contributed by atoms with Gasteiger partial charge in [0.2, 0.25) is 23.1 Å². The molecule has 0 aliphatic carbocycles. The highest BCUT2D eigenvalue weighted by Crippen LogP contribution is 2.44. The molecule has 5 aromatic carbocycles. The van der Waals surface area contributed by atoms with Crippen LogP contribution >= 0.6 is 0 Å². The van der Waals surface area contributed by atoms with Crippen LogP contribution in [0.15, 0.2) is 24.3 Å². The van der Waals surface area contributed by atoms with E-state index in [0.717, 1.165) is 0 Å². The van der Waals surface area contributed by atoms with Crippen LogP contribution in [0, 0.1) is 81.4 Å². The average molecular weight is 670 g/mol. The van der Waals surface area contributed by atoms with Gasteiger partial charge in [-0.2, -0.15) is 8.78 Å². The zero-order chi connectivity index (χ0) is 34.1. The lowest BCUT2D eigenvalue weighted by Crippen LogP contribution is -2.15. The van der Waals surface area contributed by atoms with Crippen LogP contribution in [0.2, 0.25) is 0 Å².